The van der Waals surface area contributed by atoms with E-state index >= 15 is 0 Å². The maximum atomic E-state index is 3.73. The van der Waals surface area contributed by atoms with Crippen LogP contribution in [0.1, 0.15) is 45.1 Å². The summed E-state index contributed by atoms with van der Waals surface area (Å²) in [5.74, 6) is 0.699. The molecule has 0 radical (unpaired) electrons. The lowest BCUT2D eigenvalue weighted by atomic mass is 10.1. The highest BCUT2D eigenvalue weighted by molar-refractivity contribution is 9.10. The van der Waals surface area contributed by atoms with Gasteiger partial charge < -0.3 is 10.2 Å². The van der Waals surface area contributed by atoms with Crippen LogP contribution < -0.4 is 10.2 Å². The Balaban J connectivity index is 1.97. The van der Waals surface area contributed by atoms with Crippen molar-refractivity contribution in [2.45, 2.75) is 46.1 Å². The molecule has 0 saturated carbocycles. The molecule has 20 heavy (non-hydrogen) atoms. The molecule has 0 spiro atoms. The molecule has 3 heteroatoms. The maximum Gasteiger partial charge on any atom is 0.0377 e. The van der Waals surface area contributed by atoms with Crippen LogP contribution in [0.3, 0.4) is 0 Å². The van der Waals surface area contributed by atoms with Gasteiger partial charge in [-0.05, 0) is 43.0 Å². The molecule has 0 unspecified atom stereocenters. The van der Waals surface area contributed by atoms with Crippen LogP contribution in [0.15, 0.2) is 22.7 Å². The predicted molar refractivity (Wildman–Crippen MR) is 91.4 cm³/mol. The molecule has 1 aromatic rings. The normalized spacial score (nSPS) is 16.5. The van der Waals surface area contributed by atoms with E-state index in [2.05, 4.69) is 58.2 Å². The fraction of sp³-hybridized carbons (Fsp3) is 0.647. The standard InChI is InChI=1S/C17H27BrN2/c1-14(2)12-19-13-15-7-8-16(11-17(15)18)20-9-5-3-4-6-10-20/h7-8,11,14,19H,3-6,9-10,12-13H2,1-2H3. The van der Waals surface area contributed by atoms with Crippen molar-refractivity contribution in [3.8, 4) is 0 Å². The smallest absolute Gasteiger partial charge is 0.0377 e. The van der Waals surface area contributed by atoms with Crippen molar-refractivity contribution in [1.29, 1.82) is 0 Å². The molecule has 0 bridgehead atoms. The van der Waals surface area contributed by atoms with E-state index in [1.54, 1.807) is 0 Å². The Morgan fingerprint density at radius 1 is 1.15 bits per heavy atom. The monoisotopic (exact) mass is 338 g/mol. The summed E-state index contributed by atoms with van der Waals surface area (Å²) in [5, 5.41) is 3.51. The first-order valence-corrected chi connectivity index (χ1v) is 8.70. The number of nitrogens with zero attached hydrogens (tertiary/aromatic N) is 1. The van der Waals surface area contributed by atoms with Crippen LogP contribution in [-0.2, 0) is 6.54 Å². The van der Waals surface area contributed by atoms with Gasteiger partial charge in [-0.2, -0.15) is 0 Å². The molecule has 0 aromatic heterocycles. The maximum absolute atomic E-state index is 3.73. The molecular formula is C17H27BrN2. The third-order valence-electron chi connectivity index (χ3n) is 3.88. The Kier molecular flexibility index (Phi) is 6.37. The fourth-order valence-corrected chi connectivity index (χ4v) is 3.21. The fourth-order valence-electron chi connectivity index (χ4n) is 2.70. The van der Waals surface area contributed by atoms with Gasteiger partial charge in [0.2, 0.25) is 0 Å². The van der Waals surface area contributed by atoms with Gasteiger partial charge >= 0.3 is 0 Å². The van der Waals surface area contributed by atoms with Crippen molar-refractivity contribution in [1.82, 2.24) is 5.32 Å². The van der Waals surface area contributed by atoms with Crippen LogP contribution in [0.5, 0.6) is 0 Å². The van der Waals surface area contributed by atoms with Gasteiger partial charge in [0.1, 0.15) is 0 Å². The summed E-state index contributed by atoms with van der Waals surface area (Å²) in [7, 11) is 0. The average Bonchev–Trinajstić information content (AvgIpc) is 2.69. The predicted octanol–water partition coefficient (Wildman–Crippen LogP) is 4.58. The van der Waals surface area contributed by atoms with Crippen LogP contribution >= 0.6 is 15.9 Å². The number of benzene rings is 1. The highest BCUT2D eigenvalue weighted by Gasteiger charge is 2.11. The van der Waals surface area contributed by atoms with Gasteiger partial charge in [0.25, 0.3) is 0 Å². The summed E-state index contributed by atoms with van der Waals surface area (Å²) in [5.41, 5.74) is 2.72. The zero-order valence-electron chi connectivity index (χ0n) is 12.8. The molecule has 2 rings (SSSR count). The molecule has 0 atom stereocenters. The largest absolute Gasteiger partial charge is 0.372 e. The van der Waals surface area contributed by atoms with Crippen LogP contribution in [0.2, 0.25) is 0 Å². The van der Waals surface area contributed by atoms with Gasteiger partial charge in [-0.1, -0.05) is 48.7 Å². The molecule has 2 nitrogen and oxygen atoms in total. The SMILES string of the molecule is CC(C)CNCc1ccc(N2CCCCCC2)cc1Br. The number of nitrogens with one attached hydrogen (secondary N) is 1. The summed E-state index contributed by atoms with van der Waals surface area (Å²) in [4.78, 5) is 2.53. The Morgan fingerprint density at radius 2 is 1.85 bits per heavy atom. The Hall–Kier alpha value is -0.540. The van der Waals surface area contributed by atoms with Gasteiger partial charge in [0.15, 0.2) is 0 Å². The molecule has 1 saturated heterocycles. The zero-order valence-corrected chi connectivity index (χ0v) is 14.4. The van der Waals surface area contributed by atoms with E-state index in [0.29, 0.717) is 5.92 Å². The highest BCUT2D eigenvalue weighted by atomic mass is 79.9. The second-order valence-corrected chi connectivity index (χ2v) is 7.06. The molecular weight excluding hydrogens is 312 g/mol. The van der Waals surface area contributed by atoms with Gasteiger partial charge in [0.05, 0.1) is 0 Å². The van der Waals surface area contributed by atoms with E-state index in [-0.39, 0.29) is 0 Å². The summed E-state index contributed by atoms with van der Waals surface area (Å²) in [6, 6.07) is 6.83. The minimum Gasteiger partial charge on any atom is -0.372 e. The topological polar surface area (TPSA) is 15.3 Å². The molecule has 1 aliphatic rings. The average molecular weight is 339 g/mol. The second-order valence-electron chi connectivity index (χ2n) is 6.20. The third-order valence-corrected chi connectivity index (χ3v) is 4.61. The summed E-state index contributed by atoms with van der Waals surface area (Å²) in [6.07, 6.45) is 5.42. The van der Waals surface area contributed by atoms with E-state index in [1.807, 2.05) is 0 Å². The molecule has 1 heterocycles. The first-order valence-electron chi connectivity index (χ1n) is 7.91. The first-order chi connectivity index (χ1) is 9.66. The molecule has 1 aromatic carbocycles. The molecule has 0 aliphatic carbocycles. The van der Waals surface area contributed by atoms with Crippen molar-refractivity contribution >= 4 is 21.6 Å². The Morgan fingerprint density at radius 3 is 2.45 bits per heavy atom. The van der Waals surface area contributed by atoms with E-state index in [0.717, 1.165) is 13.1 Å². The summed E-state index contributed by atoms with van der Waals surface area (Å²) >= 11 is 3.73. The lowest BCUT2D eigenvalue weighted by Gasteiger charge is -2.23. The second kappa shape index (κ2) is 8.04. The van der Waals surface area contributed by atoms with Crippen molar-refractivity contribution in [2.75, 3.05) is 24.5 Å². The van der Waals surface area contributed by atoms with Crippen LogP contribution in [0.4, 0.5) is 5.69 Å². The minimum atomic E-state index is 0.699. The van der Waals surface area contributed by atoms with Crippen molar-refractivity contribution in [3.05, 3.63) is 28.2 Å². The molecule has 1 fully saturated rings. The van der Waals surface area contributed by atoms with E-state index in [4.69, 9.17) is 0 Å². The zero-order chi connectivity index (χ0) is 14.4. The third kappa shape index (κ3) is 4.78. The quantitative estimate of drug-likeness (QED) is 0.845. The molecule has 1 N–H and O–H groups in total. The summed E-state index contributed by atoms with van der Waals surface area (Å²) in [6.45, 7) is 8.91. The van der Waals surface area contributed by atoms with Crippen molar-refractivity contribution < 1.29 is 0 Å². The van der Waals surface area contributed by atoms with Crippen molar-refractivity contribution in [3.63, 3.8) is 0 Å². The first kappa shape index (κ1) is 15.8. The van der Waals surface area contributed by atoms with Gasteiger partial charge in [-0.15, -0.1) is 0 Å². The number of halogens is 1. The number of hydrogen-bond acceptors (Lipinski definition) is 2. The Bertz CT molecular complexity index is 409. The summed E-state index contributed by atoms with van der Waals surface area (Å²) < 4.78 is 1.23. The van der Waals surface area contributed by atoms with Gasteiger partial charge in [-0.3, -0.25) is 0 Å². The van der Waals surface area contributed by atoms with Gasteiger partial charge in [0, 0.05) is 29.8 Å². The van der Waals surface area contributed by atoms with Gasteiger partial charge in [-0.25, -0.2) is 0 Å². The minimum absolute atomic E-state index is 0.699. The number of anilines is 1. The van der Waals surface area contributed by atoms with Crippen LogP contribution in [0.25, 0.3) is 0 Å². The highest BCUT2D eigenvalue weighted by Crippen LogP contribution is 2.26. The van der Waals surface area contributed by atoms with Crippen LogP contribution in [-0.4, -0.2) is 19.6 Å². The van der Waals surface area contributed by atoms with Crippen LogP contribution in [0, 0.1) is 5.92 Å². The molecule has 0 amide bonds. The van der Waals surface area contributed by atoms with E-state index < -0.39 is 0 Å². The number of rotatable bonds is 5. The van der Waals surface area contributed by atoms with E-state index in [9.17, 15) is 0 Å². The van der Waals surface area contributed by atoms with E-state index in [1.165, 1.54) is 54.5 Å². The van der Waals surface area contributed by atoms with Crippen molar-refractivity contribution in [2.24, 2.45) is 5.92 Å². The lowest BCUT2D eigenvalue weighted by Crippen LogP contribution is -2.24. The number of hydrogen-bond donors (Lipinski definition) is 1. The lowest BCUT2D eigenvalue weighted by molar-refractivity contribution is 0.552. The molecule has 112 valence electrons. The Labute approximate surface area is 132 Å². The molecule has 1 aliphatic heterocycles.